The number of hydrogen-bond donors (Lipinski definition) is 0. The lowest BCUT2D eigenvalue weighted by molar-refractivity contribution is -0.108. The minimum absolute atomic E-state index is 0.377. The van der Waals surface area contributed by atoms with Crippen LogP contribution in [0.3, 0.4) is 0 Å². The summed E-state index contributed by atoms with van der Waals surface area (Å²) in [5.74, 6) is 2.35. The maximum absolute atomic E-state index is 10.2. The summed E-state index contributed by atoms with van der Waals surface area (Å²) in [7, 11) is 0. The van der Waals surface area contributed by atoms with Gasteiger partial charge in [0.2, 0.25) is 0 Å². The van der Waals surface area contributed by atoms with Crippen LogP contribution in [-0.2, 0) is 11.2 Å². The Kier molecular flexibility index (Phi) is 3.29. The largest absolute Gasteiger partial charge is 0.466 e. The summed E-state index contributed by atoms with van der Waals surface area (Å²) in [5.41, 5.74) is 1.19. The van der Waals surface area contributed by atoms with Crippen LogP contribution in [0.4, 0.5) is 0 Å². The standard InChI is InChI=1S/C11H16O2/c1-8(4-5-12)6-11-7-9(2)10(3)13-11/h5,7-8H,4,6H2,1-3H3. The summed E-state index contributed by atoms with van der Waals surface area (Å²) in [6, 6.07) is 2.05. The third-order valence-corrected chi connectivity index (χ3v) is 2.27. The van der Waals surface area contributed by atoms with E-state index < -0.39 is 0 Å². The van der Waals surface area contributed by atoms with Gasteiger partial charge < -0.3 is 9.21 Å². The topological polar surface area (TPSA) is 30.2 Å². The number of aryl methyl sites for hydroxylation is 2. The number of carbonyl (C=O) groups is 1. The Hall–Kier alpha value is -1.05. The highest BCUT2D eigenvalue weighted by molar-refractivity contribution is 5.49. The van der Waals surface area contributed by atoms with Gasteiger partial charge in [0.1, 0.15) is 17.8 Å². The van der Waals surface area contributed by atoms with Crippen LogP contribution < -0.4 is 0 Å². The fourth-order valence-electron chi connectivity index (χ4n) is 1.34. The fourth-order valence-corrected chi connectivity index (χ4v) is 1.34. The molecule has 0 aliphatic carbocycles. The smallest absolute Gasteiger partial charge is 0.120 e. The summed E-state index contributed by atoms with van der Waals surface area (Å²) in [6.07, 6.45) is 2.43. The van der Waals surface area contributed by atoms with Gasteiger partial charge in [-0.05, 0) is 31.4 Å². The van der Waals surface area contributed by atoms with Crippen LogP contribution in [0, 0.1) is 19.8 Å². The molecule has 2 heteroatoms. The molecule has 0 saturated heterocycles. The molecule has 13 heavy (non-hydrogen) atoms. The van der Waals surface area contributed by atoms with Crippen molar-refractivity contribution in [3.05, 3.63) is 23.2 Å². The van der Waals surface area contributed by atoms with Crippen molar-refractivity contribution in [3.63, 3.8) is 0 Å². The van der Waals surface area contributed by atoms with Crippen molar-refractivity contribution < 1.29 is 9.21 Å². The van der Waals surface area contributed by atoms with Crippen LogP contribution in [0.2, 0.25) is 0 Å². The molecule has 0 bridgehead atoms. The summed E-state index contributed by atoms with van der Waals surface area (Å²) >= 11 is 0. The van der Waals surface area contributed by atoms with E-state index in [1.807, 2.05) is 13.8 Å². The highest BCUT2D eigenvalue weighted by Gasteiger charge is 2.07. The van der Waals surface area contributed by atoms with E-state index in [1.54, 1.807) is 0 Å². The zero-order valence-electron chi connectivity index (χ0n) is 8.46. The molecule has 1 heterocycles. The Bertz CT molecular complexity index is 267. The van der Waals surface area contributed by atoms with Gasteiger partial charge in [-0.15, -0.1) is 0 Å². The van der Waals surface area contributed by atoms with Crippen LogP contribution in [0.15, 0.2) is 10.5 Å². The first kappa shape index (κ1) is 10.0. The molecule has 0 amide bonds. The van der Waals surface area contributed by atoms with Crippen LogP contribution in [0.1, 0.15) is 30.4 Å². The van der Waals surface area contributed by atoms with E-state index in [-0.39, 0.29) is 0 Å². The molecule has 2 nitrogen and oxygen atoms in total. The summed E-state index contributed by atoms with van der Waals surface area (Å²) < 4.78 is 5.52. The molecule has 0 spiro atoms. The average molecular weight is 180 g/mol. The van der Waals surface area contributed by atoms with E-state index in [0.717, 1.165) is 24.2 Å². The van der Waals surface area contributed by atoms with Crippen molar-refractivity contribution in [1.29, 1.82) is 0 Å². The average Bonchev–Trinajstić information content (AvgIpc) is 2.31. The molecule has 72 valence electrons. The Morgan fingerprint density at radius 3 is 2.69 bits per heavy atom. The van der Waals surface area contributed by atoms with Gasteiger partial charge >= 0.3 is 0 Å². The van der Waals surface area contributed by atoms with Crippen molar-refractivity contribution in [3.8, 4) is 0 Å². The zero-order valence-corrected chi connectivity index (χ0v) is 8.46. The SMILES string of the molecule is Cc1cc(CC(C)CC=O)oc1C. The Morgan fingerprint density at radius 2 is 2.23 bits per heavy atom. The normalized spacial score (nSPS) is 12.8. The Labute approximate surface area is 78.9 Å². The van der Waals surface area contributed by atoms with Crippen molar-refractivity contribution in [2.45, 2.75) is 33.6 Å². The van der Waals surface area contributed by atoms with Crippen LogP contribution in [0.25, 0.3) is 0 Å². The summed E-state index contributed by atoms with van der Waals surface area (Å²) in [5, 5.41) is 0. The zero-order chi connectivity index (χ0) is 9.84. The maximum atomic E-state index is 10.2. The first-order valence-electron chi connectivity index (χ1n) is 4.63. The van der Waals surface area contributed by atoms with E-state index in [0.29, 0.717) is 12.3 Å². The molecule has 1 aromatic heterocycles. The predicted octanol–water partition coefficient (Wildman–Crippen LogP) is 2.66. The fraction of sp³-hybridized carbons (Fsp3) is 0.545. The number of furan rings is 1. The van der Waals surface area contributed by atoms with Crippen molar-refractivity contribution in [1.82, 2.24) is 0 Å². The van der Waals surface area contributed by atoms with Crippen LogP contribution in [-0.4, -0.2) is 6.29 Å². The molecule has 0 fully saturated rings. The number of rotatable bonds is 4. The minimum Gasteiger partial charge on any atom is -0.466 e. The third kappa shape index (κ3) is 2.72. The molecule has 1 atom stereocenters. The molecular formula is C11H16O2. The van der Waals surface area contributed by atoms with E-state index in [2.05, 4.69) is 13.0 Å². The molecule has 0 aliphatic rings. The van der Waals surface area contributed by atoms with Gasteiger partial charge in [-0.3, -0.25) is 0 Å². The molecule has 0 N–H and O–H groups in total. The molecule has 0 radical (unpaired) electrons. The van der Waals surface area contributed by atoms with Gasteiger partial charge in [0.15, 0.2) is 0 Å². The van der Waals surface area contributed by atoms with E-state index >= 15 is 0 Å². The van der Waals surface area contributed by atoms with Crippen molar-refractivity contribution in [2.75, 3.05) is 0 Å². The third-order valence-electron chi connectivity index (χ3n) is 2.27. The van der Waals surface area contributed by atoms with Gasteiger partial charge in [0, 0.05) is 12.8 Å². The summed E-state index contributed by atoms with van der Waals surface area (Å²) in [6.45, 7) is 6.05. The second kappa shape index (κ2) is 4.26. The predicted molar refractivity (Wildman–Crippen MR) is 51.7 cm³/mol. The number of hydrogen-bond acceptors (Lipinski definition) is 2. The minimum atomic E-state index is 0.377. The first-order chi connectivity index (χ1) is 6.13. The first-order valence-corrected chi connectivity index (χ1v) is 4.63. The van der Waals surface area contributed by atoms with Crippen molar-refractivity contribution >= 4 is 6.29 Å². The molecule has 0 aliphatic heterocycles. The van der Waals surface area contributed by atoms with Crippen LogP contribution in [0.5, 0.6) is 0 Å². The van der Waals surface area contributed by atoms with Crippen LogP contribution >= 0.6 is 0 Å². The molecule has 0 aromatic carbocycles. The molecule has 0 saturated carbocycles. The monoisotopic (exact) mass is 180 g/mol. The summed E-state index contributed by atoms with van der Waals surface area (Å²) in [4.78, 5) is 10.2. The maximum Gasteiger partial charge on any atom is 0.120 e. The lowest BCUT2D eigenvalue weighted by Gasteiger charge is -2.03. The van der Waals surface area contributed by atoms with Gasteiger partial charge in [0.05, 0.1) is 0 Å². The second-order valence-corrected chi connectivity index (χ2v) is 3.66. The highest BCUT2D eigenvalue weighted by Crippen LogP contribution is 2.17. The number of carbonyl (C=O) groups excluding carboxylic acids is 1. The number of aldehydes is 1. The Balaban J connectivity index is 2.58. The highest BCUT2D eigenvalue weighted by atomic mass is 16.3. The van der Waals surface area contributed by atoms with Gasteiger partial charge in [0.25, 0.3) is 0 Å². The van der Waals surface area contributed by atoms with Gasteiger partial charge in [-0.2, -0.15) is 0 Å². The molecular weight excluding hydrogens is 164 g/mol. The Morgan fingerprint density at radius 1 is 1.54 bits per heavy atom. The molecule has 1 aromatic rings. The van der Waals surface area contributed by atoms with E-state index in [4.69, 9.17) is 4.42 Å². The van der Waals surface area contributed by atoms with E-state index in [9.17, 15) is 4.79 Å². The lowest BCUT2D eigenvalue weighted by Crippen LogP contribution is -1.98. The van der Waals surface area contributed by atoms with Crippen molar-refractivity contribution in [2.24, 2.45) is 5.92 Å². The quantitative estimate of drug-likeness (QED) is 0.667. The lowest BCUT2D eigenvalue weighted by atomic mass is 10.0. The van der Waals surface area contributed by atoms with Gasteiger partial charge in [-0.1, -0.05) is 6.92 Å². The molecule has 1 rings (SSSR count). The van der Waals surface area contributed by atoms with Gasteiger partial charge in [-0.25, -0.2) is 0 Å². The van der Waals surface area contributed by atoms with E-state index in [1.165, 1.54) is 5.56 Å². The second-order valence-electron chi connectivity index (χ2n) is 3.66. The molecule has 1 unspecified atom stereocenters.